The van der Waals surface area contributed by atoms with Crippen molar-refractivity contribution in [2.24, 2.45) is 13.0 Å². The summed E-state index contributed by atoms with van der Waals surface area (Å²) in [6.07, 6.45) is 6.55. The third-order valence-electron chi connectivity index (χ3n) is 6.33. The second-order valence-corrected chi connectivity index (χ2v) is 8.99. The molecule has 0 radical (unpaired) electrons. The standard InChI is InChI=1S/C28H35NO4/c1-20(18-27(31)32)17-26(30)28-23-14-8-9-15-24(23)29(2)25(28)16-7-5-4-6-11-21-12-10-13-22(19-21)33-3/h8-10,12-15,19-20H,4-7,11,16-18H2,1-3H3,(H,31,32). The third kappa shape index (κ3) is 6.47. The lowest BCUT2D eigenvalue weighted by Gasteiger charge is -2.11. The number of aromatic nitrogens is 1. The first kappa shape index (κ1) is 24.6. The zero-order chi connectivity index (χ0) is 23.8. The van der Waals surface area contributed by atoms with Gasteiger partial charge in [0.25, 0.3) is 0 Å². The molecule has 3 aromatic rings. The number of methoxy groups -OCH3 is 1. The van der Waals surface area contributed by atoms with Crippen LogP contribution in [0.4, 0.5) is 0 Å². The van der Waals surface area contributed by atoms with E-state index in [1.54, 1.807) is 7.11 Å². The molecule has 1 aromatic heterocycles. The van der Waals surface area contributed by atoms with E-state index in [4.69, 9.17) is 9.84 Å². The van der Waals surface area contributed by atoms with Crippen LogP contribution in [0.1, 0.15) is 67.1 Å². The van der Waals surface area contributed by atoms with Crippen molar-refractivity contribution in [1.29, 1.82) is 0 Å². The molecule has 1 unspecified atom stereocenters. The van der Waals surface area contributed by atoms with E-state index in [0.29, 0.717) is 0 Å². The SMILES string of the molecule is COc1cccc(CCCCCCc2c(C(=O)CC(C)CC(=O)O)c3ccccc3n2C)c1. The number of ether oxygens (including phenoxy) is 1. The van der Waals surface area contributed by atoms with Crippen LogP contribution < -0.4 is 4.74 Å². The molecule has 1 atom stereocenters. The van der Waals surface area contributed by atoms with E-state index in [0.717, 1.165) is 66.4 Å². The minimum atomic E-state index is -0.859. The van der Waals surface area contributed by atoms with Gasteiger partial charge in [-0.25, -0.2) is 0 Å². The topological polar surface area (TPSA) is 68.5 Å². The van der Waals surface area contributed by atoms with Gasteiger partial charge in [-0.3, -0.25) is 9.59 Å². The van der Waals surface area contributed by atoms with Crippen LogP contribution in [0.25, 0.3) is 10.9 Å². The number of hydrogen-bond acceptors (Lipinski definition) is 3. The highest BCUT2D eigenvalue weighted by molar-refractivity contribution is 6.09. The summed E-state index contributed by atoms with van der Waals surface area (Å²) in [5.74, 6) is -0.0902. The van der Waals surface area contributed by atoms with Gasteiger partial charge in [0.1, 0.15) is 5.75 Å². The van der Waals surface area contributed by atoms with Crippen molar-refractivity contribution in [2.45, 2.75) is 58.3 Å². The van der Waals surface area contributed by atoms with Crippen LogP contribution in [0.15, 0.2) is 48.5 Å². The Morgan fingerprint density at radius 2 is 1.70 bits per heavy atom. The lowest BCUT2D eigenvalue weighted by Crippen LogP contribution is -2.12. The molecule has 5 nitrogen and oxygen atoms in total. The summed E-state index contributed by atoms with van der Waals surface area (Å²) in [6.45, 7) is 1.83. The highest BCUT2D eigenvalue weighted by Crippen LogP contribution is 2.29. The fourth-order valence-electron chi connectivity index (χ4n) is 4.64. The Bertz CT molecular complexity index is 1100. The number of nitrogens with zero attached hydrogens (tertiary/aromatic N) is 1. The molecule has 0 bridgehead atoms. The zero-order valence-corrected chi connectivity index (χ0v) is 20.0. The summed E-state index contributed by atoms with van der Waals surface area (Å²) in [6, 6.07) is 16.2. The summed E-state index contributed by atoms with van der Waals surface area (Å²) >= 11 is 0. The van der Waals surface area contributed by atoms with Crippen molar-refractivity contribution >= 4 is 22.7 Å². The molecule has 0 amide bonds. The van der Waals surface area contributed by atoms with Gasteiger partial charge in [0.05, 0.1) is 7.11 Å². The van der Waals surface area contributed by atoms with Gasteiger partial charge >= 0.3 is 5.97 Å². The Morgan fingerprint density at radius 3 is 2.42 bits per heavy atom. The first-order valence-corrected chi connectivity index (χ1v) is 11.8. The minimum absolute atomic E-state index is 0.0130. The average Bonchev–Trinajstić information content (AvgIpc) is 3.07. The molecular formula is C28H35NO4. The van der Waals surface area contributed by atoms with E-state index in [1.165, 1.54) is 5.56 Å². The van der Waals surface area contributed by atoms with Crippen LogP contribution in [0.3, 0.4) is 0 Å². The number of carbonyl (C=O) groups is 2. The molecule has 5 heteroatoms. The third-order valence-corrected chi connectivity index (χ3v) is 6.33. The number of benzene rings is 2. The maximum Gasteiger partial charge on any atom is 0.303 e. The lowest BCUT2D eigenvalue weighted by atomic mass is 9.94. The van der Waals surface area contributed by atoms with Crippen LogP contribution in [0, 0.1) is 5.92 Å². The van der Waals surface area contributed by atoms with E-state index in [9.17, 15) is 9.59 Å². The molecule has 0 aliphatic carbocycles. The normalized spacial score (nSPS) is 12.1. The number of carboxylic acids is 1. The summed E-state index contributed by atoms with van der Waals surface area (Å²) < 4.78 is 7.44. The summed E-state index contributed by atoms with van der Waals surface area (Å²) in [7, 11) is 3.72. The molecule has 176 valence electrons. The first-order valence-electron chi connectivity index (χ1n) is 11.8. The molecule has 0 spiro atoms. The highest BCUT2D eigenvalue weighted by Gasteiger charge is 2.22. The van der Waals surface area contributed by atoms with Crippen molar-refractivity contribution in [1.82, 2.24) is 4.57 Å². The number of rotatable bonds is 13. The van der Waals surface area contributed by atoms with Crippen LogP contribution in [0.5, 0.6) is 5.75 Å². The number of ketones is 1. The van der Waals surface area contributed by atoms with Crippen LogP contribution in [-0.2, 0) is 24.7 Å². The quantitative estimate of drug-likeness (QED) is 0.249. The van der Waals surface area contributed by atoms with Crippen molar-refractivity contribution in [3.8, 4) is 5.75 Å². The van der Waals surface area contributed by atoms with E-state index < -0.39 is 5.97 Å². The number of unbranched alkanes of at least 4 members (excludes halogenated alkanes) is 3. The van der Waals surface area contributed by atoms with E-state index in [2.05, 4.69) is 16.7 Å². The fourth-order valence-corrected chi connectivity index (χ4v) is 4.64. The van der Waals surface area contributed by atoms with Crippen LogP contribution in [-0.4, -0.2) is 28.5 Å². The number of carboxylic acid groups (broad SMARTS) is 1. The van der Waals surface area contributed by atoms with E-state index in [-0.39, 0.29) is 24.5 Å². The van der Waals surface area contributed by atoms with E-state index >= 15 is 0 Å². The predicted molar refractivity (Wildman–Crippen MR) is 132 cm³/mol. The van der Waals surface area contributed by atoms with Crippen molar-refractivity contribution in [3.05, 3.63) is 65.4 Å². The Balaban J connectivity index is 1.62. The molecule has 1 N–H and O–H groups in total. The maximum absolute atomic E-state index is 13.2. The molecule has 0 saturated heterocycles. The maximum atomic E-state index is 13.2. The van der Waals surface area contributed by atoms with Gasteiger partial charge in [0.2, 0.25) is 0 Å². The molecule has 0 fully saturated rings. The fraction of sp³-hybridized carbons (Fsp3) is 0.429. The first-order chi connectivity index (χ1) is 15.9. The number of hydrogen-bond donors (Lipinski definition) is 1. The Hall–Kier alpha value is -3.08. The molecule has 0 saturated carbocycles. The van der Waals surface area contributed by atoms with Gasteiger partial charge < -0.3 is 14.4 Å². The molecule has 0 aliphatic heterocycles. The van der Waals surface area contributed by atoms with Gasteiger partial charge in [0, 0.05) is 42.0 Å². The number of Topliss-reactive ketones (excluding diaryl/α,β-unsaturated/α-hetero) is 1. The molecule has 1 heterocycles. The monoisotopic (exact) mass is 449 g/mol. The summed E-state index contributed by atoms with van der Waals surface area (Å²) in [4.78, 5) is 24.3. The minimum Gasteiger partial charge on any atom is -0.497 e. The summed E-state index contributed by atoms with van der Waals surface area (Å²) in [5, 5.41) is 10.0. The van der Waals surface area contributed by atoms with Crippen molar-refractivity contribution in [3.63, 3.8) is 0 Å². The lowest BCUT2D eigenvalue weighted by molar-refractivity contribution is -0.137. The van der Waals surface area contributed by atoms with Gasteiger partial charge in [-0.2, -0.15) is 0 Å². The second kappa shape index (κ2) is 11.7. The van der Waals surface area contributed by atoms with E-state index in [1.807, 2.05) is 50.4 Å². The Morgan fingerprint density at radius 1 is 0.970 bits per heavy atom. The largest absolute Gasteiger partial charge is 0.497 e. The Labute approximate surface area is 196 Å². The average molecular weight is 450 g/mol. The van der Waals surface area contributed by atoms with Gasteiger partial charge in [0.15, 0.2) is 5.78 Å². The second-order valence-electron chi connectivity index (χ2n) is 8.99. The molecule has 3 rings (SSSR count). The Kier molecular flexibility index (Phi) is 8.70. The smallest absolute Gasteiger partial charge is 0.303 e. The molecule has 0 aliphatic rings. The number of aryl methyl sites for hydroxylation is 2. The molecule has 2 aromatic carbocycles. The molecule has 33 heavy (non-hydrogen) atoms. The predicted octanol–water partition coefficient (Wildman–Crippen LogP) is 6.22. The van der Waals surface area contributed by atoms with Crippen molar-refractivity contribution in [2.75, 3.05) is 7.11 Å². The van der Waals surface area contributed by atoms with Gasteiger partial charge in [-0.15, -0.1) is 0 Å². The summed E-state index contributed by atoms with van der Waals surface area (Å²) in [5.41, 5.74) is 4.20. The zero-order valence-electron chi connectivity index (χ0n) is 20.0. The highest BCUT2D eigenvalue weighted by atomic mass is 16.5. The number of carbonyl (C=O) groups excluding carboxylic acids is 1. The van der Waals surface area contributed by atoms with Crippen molar-refractivity contribution < 1.29 is 19.4 Å². The van der Waals surface area contributed by atoms with Crippen LogP contribution in [0.2, 0.25) is 0 Å². The van der Waals surface area contributed by atoms with Gasteiger partial charge in [-0.05, 0) is 55.4 Å². The number of fused-ring (bicyclic) bond motifs is 1. The van der Waals surface area contributed by atoms with Crippen LogP contribution >= 0.6 is 0 Å². The number of para-hydroxylation sites is 1. The molecular weight excluding hydrogens is 414 g/mol. The number of aliphatic carboxylic acids is 1. The van der Waals surface area contributed by atoms with Gasteiger partial charge in [-0.1, -0.05) is 50.1 Å².